The number of methoxy groups -OCH3 is 1. The Morgan fingerprint density at radius 1 is 1.03 bits per heavy atom. The topological polar surface area (TPSA) is 84.7 Å². The fraction of sp³-hybridized carbons (Fsp3) is 0.407. The quantitative estimate of drug-likeness (QED) is 0.487. The largest absolute Gasteiger partial charge is 0.467 e. The number of nitrogens with zero attached hydrogens (tertiary/aromatic N) is 4. The molecule has 0 spiro atoms. The Labute approximate surface area is 205 Å². The van der Waals surface area contributed by atoms with Crippen LogP contribution >= 0.6 is 0 Å². The maximum absolute atomic E-state index is 13.1. The van der Waals surface area contributed by atoms with E-state index in [1.165, 1.54) is 7.11 Å². The molecule has 1 aromatic heterocycles. The summed E-state index contributed by atoms with van der Waals surface area (Å²) in [4.78, 5) is 47.7. The molecule has 0 saturated carbocycles. The lowest BCUT2D eigenvalue weighted by molar-refractivity contribution is -0.151. The van der Waals surface area contributed by atoms with Crippen LogP contribution in [0.15, 0.2) is 59.4 Å². The molecule has 1 amide bonds. The molecule has 184 valence electrons. The highest BCUT2D eigenvalue weighted by Gasteiger charge is 2.49. The Morgan fingerprint density at radius 3 is 2.34 bits per heavy atom. The van der Waals surface area contributed by atoms with Crippen LogP contribution in [-0.2, 0) is 20.9 Å². The maximum atomic E-state index is 13.1. The van der Waals surface area contributed by atoms with E-state index in [0.29, 0.717) is 61.4 Å². The van der Waals surface area contributed by atoms with E-state index < -0.39 is 11.5 Å². The summed E-state index contributed by atoms with van der Waals surface area (Å²) in [5, 5.41) is 0.609. The van der Waals surface area contributed by atoms with Gasteiger partial charge in [0.1, 0.15) is 11.4 Å². The summed E-state index contributed by atoms with van der Waals surface area (Å²) in [5.74, 6) is 0.173. The number of anilines is 1. The molecule has 2 aromatic carbocycles. The minimum Gasteiger partial charge on any atom is -0.467 e. The van der Waals surface area contributed by atoms with Crippen LogP contribution in [0.3, 0.4) is 0 Å². The Balaban J connectivity index is 1.54. The number of amides is 1. The molecule has 0 aliphatic carbocycles. The van der Waals surface area contributed by atoms with Crippen LogP contribution in [0.1, 0.15) is 32.0 Å². The van der Waals surface area contributed by atoms with E-state index in [2.05, 4.69) is 9.88 Å². The van der Waals surface area contributed by atoms with Gasteiger partial charge in [-0.25, -0.2) is 9.78 Å². The predicted molar refractivity (Wildman–Crippen MR) is 135 cm³/mol. The molecule has 0 radical (unpaired) electrons. The molecule has 1 aliphatic rings. The van der Waals surface area contributed by atoms with E-state index in [4.69, 9.17) is 4.74 Å². The molecule has 2 heterocycles. The van der Waals surface area contributed by atoms with Crippen molar-refractivity contribution in [2.24, 2.45) is 0 Å². The standard InChI is InChI=1S/C27H32N4O4/c1-4-24(32)31(21-10-6-5-7-11-21)27(26(34)35-3)14-16-29(17-15-27)18-19-30-20(2)28-23-13-9-8-12-22(23)25(30)33/h5-13H,4,14-19H2,1-3H3. The molecule has 3 aromatic rings. The molecule has 0 N–H and O–H groups in total. The van der Waals surface area contributed by atoms with Crippen molar-refractivity contribution in [3.8, 4) is 0 Å². The second-order valence-corrected chi connectivity index (χ2v) is 8.92. The first kappa shape index (κ1) is 24.6. The number of hydrogen-bond donors (Lipinski definition) is 0. The van der Waals surface area contributed by atoms with Gasteiger partial charge in [0.2, 0.25) is 5.91 Å². The molecule has 1 saturated heterocycles. The molecule has 1 fully saturated rings. The Bertz CT molecular complexity index is 1260. The molecule has 8 heteroatoms. The van der Waals surface area contributed by atoms with Gasteiger partial charge in [-0.2, -0.15) is 0 Å². The number of benzene rings is 2. The third-order valence-electron chi connectivity index (χ3n) is 6.94. The van der Waals surface area contributed by atoms with Gasteiger partial charge >= 0.3 is 5.97 Å². The molecular formula is C27H32N4O4. The van der Waals surface area contributed by atoms with Crippen molar-refractivity contribution in [2.75, 3.05) is 31.6 Å². The Morgan fingerprint density at radius 2 is 1.69 bits per heavy atom. The predicted octanol–water partition coefficient (Wildman–Crippen LogP) is 3.16. The van der Waals surface area contributed by atoms with Crippen LogP contribution in [0.2, 0.25) is 0 Å². The summed E-state index contributed by atoms with van der Waals surface area (Å²) in [6.07, 6.45) is 1.18. The van der Waals surface area contributed by atoms with Crippen molar-refractivity contribution in [3.05, 3.63) is 70.8 Å². The second-order valence-electron chi connectivity index (χ2n) is 8.92. The number of likely N-dealkylation sites (tertiary alicyclic amines) is 1. The third-order valence-corrected chi connectivity index (χ3v) is 6.94. The molecule has 8 nitrogen and oxygen atoms in total. The van der Waals surface area contributed by atoms with Crippen molar-refractivity contribution >= 4 is 28.5 Å². The molecule has 0 unspecified atom stereocenters. The molecule has 0 bridgehead atoms. The minimum atomic E-state index is -1.06. The second kappa shape index (κ2) is 10.4. The van der Waals surface area contributed by atoms with Gasteiger partial charge in [-0.1, -0.05) is 37.3 Å². The molecule has 4 rings (SSSR count). The van der Waals surface area contributed by atoms with Crippen molar-refractivity contribution in [2.45, 2.75) is 45.2 Å². The monoisotopic (exact) mass is 476 g/mol. The van der Waals surface area contributed by atoms with Gasteiger partial charge in [0.15, 0.2) is 0 Å². The fourth-order valence-electron chi connectivity index (χ4n) is 5.00. The lowest BCUT2D eigenvalue weighted by Gasteiger charge is -2.46. The zero-order chi connectivity index (χ0) is 25.0. The average molecular weight is 477 g/mol. The zero-order valence-corrected chi connectivity index (χ0v) is 20.6. The number of piperidine rings is 1. The molecule has 0 atom stereocenters. The van der Waals surface area contributed by atoms with Crippen molar-refractivity contribution in [3.63, 3.8) is 0 Å². The van der Waals surface area contributed by atoms with Gasteiger partial charge in [-0.15, -0.1) is 0 Å². The third kappa shape index (κ3) is 4.71. The molecule has 1 aliphatic heterocycles. The van der Waals surface area contributed by atoms with Gasteiger partial charge in [-0.05, 0) is 44.0 Å². The zero-order valence-electron chi connectivity index (χ0n) is 20.6. The van der Waals surface area contributed by atoms with E-state index in [0.717, 1.165) is 0 Å². The van der Waals surface area contributed by atoms with Gasteiger partial charge < -0.3 is 9.64 Å². The van der Waals surface area contributed by atoms with Gasteiger partial charge in [0, 0.05) is 38.3 Å². The Kier molecular flexibility index (Phi) is 7.31. The van der Waals surface area contributed by atoms with E-state index >= 15 is 0 Å². The summed E-state index contributed by atoms with van der Waals surface area (Å²) < 4.78 is 6.93. The van der Waals surface area contributed by atoms with E-state index in [1.807, 2.05) is 55.5 Å². The highest BCUT2D eigenvalue weighted by molar-refractivity contribution is 6.02. The highest BCUT2D eigenvalue weighted by Crippen LogP contribution is 2.35. The first-order chi connectivity index (χ1) is 16.9. The number of aryl methyl sites for hydroxylation is 1. The summed E-state index contributed by atoms with van der Waals surface area (Å²) in [7, 11) is 1.37. The number of rotatable bonds is 7. The van der Waals surface area contributed by atoms with Crippen LogP contribution in [0.5, 0.6) is 0 Å². The van der Waals surface area contributed by atoms with E-state index in [9.17, 15) is 14.4 Å². The van der Waals surface area contributed by atoms with Gasteiger partial charge in [0.05, 0.1) is 18.0 Å². The number of carbonyl (C=O) groups is 2. The molecular weight excluding hydrogens is 444 g/mol. The minimum absolute atomic E-state index is 0.0437. The number of esters is 1. The van der Waals surface area contributed by atoms with Crippen LogP contribution in [-0.4, -0.2) is 58.6 Å². The van der Waals surface area contributed by atoms with E-state index in [1.54, 1.807) is 22.5 Å². The summed E-state index contributed by atoms with van der Waals surface area (Å²) in [6, 6.07) is 16.7. The van der Waals surface area contributed by atoms with Crippen molar-refractivity contribution in [1.29, 1.82) is 0 Å². The van der Waals surface area contributed by atoms with E-state index in [-0.39, 0.29) is 17.9 Å². The number of para-hydroxylation sites is 2. The SMILES string of the molecule is CCC(=O)N(c1ccccc1)C1(C(=O)OC)CCN(CCn2c(C)nc3ccccc3c2=O)CC1. The summed E-state index contributed by atoms with van der Waals surface area (Å²) in [5.41, 5.74) is 0.297. The van der Waals surface area contributed by atoms with Gasteiger partial charge in [-0.3, -0.25) is 19.1 Å². The lowest BCUT2D eigenvalue weighted by atomic mass is 9.84. The summed E-state index contributed by atoms with van der Waals surface area (Å²) >= 11 is 0. The smallest absolute Gasteiger partial charge is 0.332 e. The lowest BCUT2D eigenvalue weighted by Crippen LogP contribution is -2.62. The number of ether oxygens (including phenoxy) is 1. The van der Waals surface area contributed by atoms with Gasteiger partial charge in [0.25, 0.3) is 5.56 Å². The highest BCUT2D eigenvalue weighted by atomic mass is 16.5. The van der Waals surface area contributed by atoms with Crippen LogP contribution in [0.4, 0.5) is 5.69 Å². The maximum Gasteiger partial charge on any atom is 0.332 e. The number of carbonyl (C=O) groups excluding carboxylic acids is 2. The normalized spacial score (nSPS) is 15.6. The van der Waals surface area contributed by atoms with Crippen molar-refractivity contribution < 1.29 is 14.3 Å². The van der Waals surface area contributed by atoms with Crippen LogP contribution < -0.4 is 10.5 Å². The van der Waals surface area contributed by atoms with Crippen molar-refractivity contribution in [1.82, 2.24) is 14.5 Å². The molecule has 35 heavy (non-hydrogen) atoms. The average Bonchev–Trinajstić information content (AvgIpc) is 2.89. The number of aromatic nitrogens is 2. The first-order valence-corrected chi connectivity index (χ1v) is 12.1. The number of fused-ring (bicyclic) bond motifs is 1. The fourth-order valence-corrected chi connectivity index (χ4v) is 5.00. The number of hydrogen-bond acceptors (Lipinski definition) is 6. The Hall–Kier alpha value is -3.52. The first-order valence-electron chi connectivity index (χ1n) is 12.1. The van der Waals surface area contributed by atoms with Crippen LogP contribution in [0.25, 0.3) is 10.9 Å². The summed E-state index contributed by atoms with van der Waals surface area (Å²) in [6.45, 7) is 6.00. The van der Waals surface area contributed by atoms with Crippen LogP contribution in [0, 0.1) is 6.92 Å².